The van der Waals surface area contributed by atoms with E-state index in [1.165, 1.54) is 22.0 Å². The van der Waals surface area contributed by atoms with Gasteiger partial charge in [0.15, 0.2) is 0 Å². The Morgan fingerprint density at radius 3 is 2.40 bits per heavy atom. The largest absolute Gasteiger partial charge is 0.487 e. The van der Waals surface area contributed by atoms with Crippen LogP contribution < -0.4 is 9.04 Å². The van der Waals surface area contributed by atoms with E-state index in [0.717, 1.165) is 42.0 Å². The third-order valence-corrected chi connectivity index (χ3v) is 7.77. The number of sulfonamides is 1. The molecule has 0 saturated carbocycles. The molecule has 0 radical (unpaired) electrons. The molecule has 1 N–H and O–H groups in total. The molecule has 0 spiro atoms. The molecule has 2 aromatic carbocycles. The van der Waals surface area contributed by atoms with Gasteiger partial charge in [0.1, 0.15) is 18.1 Å². The number of fused-ring (bicyclic) bond motifs is 1. The number of carbonyl (C=O) groups is 1. The molecule has 1 aliphatic rings. The third kappa shape index (κ3) is 5.43. The number of anilines is 1. The SMILES string of the molecule is Cc1ccc(S(=O)(=O)N(c2cc3c(cc2OCc2ccc(/C=C/C(=O)O)cc2)CCC3)C(C)C)o1. The van der Waals surface area contributed by atoms with Crippen molar-refractivity contribution in [2.24, 2.45) is 0 Å². The fourth-order valence-electron chi connectivity index (χ4n) is 4.26. The lowest BCUT2D eigenvalue weighted by molar-refractivity contribution is -0.131. The molecular formula is C27H29NO6S. The summed E-state index contributed by atoms with van der Waals surface area (Å²) in [7, 11) is -3.94. The normalized spacial score (nSPS) is 13.4. The fraction of sp³-hybridized carbons (Fsp3) is 0.296. The summed E-state index contributed by atoms with van der Waals surface area (Å²) in [6, 6.07) is 14.0. The van der Waals surface area contributed by atoms with Crippen molar-refractivity contribution in [1.82, 2.24) is 0 Å². The van der Waals surface area contributed by atoms with Gasteiger partial charge < -0.3 is 14.3 Å². The van der Waals surface area contributed by atoms with E-state index in [4.69, 9.17) is 14.3 Å². The molecule has 0 amide bonds. The Hall–Kier alpha value is -3.52. The second kappa shape index (κ2) is 10.00. The van der Waals surface area contributed by atoms with E-state index in [1.54, 1.807) is 13.0 Å². The first kappa shape index (κ1) is 24.6. The summed E-state index contributed by atoms with van der Waals surface area (Å²) in [6.45, 7) is 5.60. The maximum atomic E-state index is 13.6. The number of carboxylic acid groups (broad SMARTS) is 1. The van der Waals surface area contributed by atoms with Crippen LogP contribution in [-0.4, -0.2) is 25.5 Å². The number of rotatable bonds is 9. The van der Waals surface area contributed by atoms with E-state index < -0.39 is 16.0 Å². The van der Waals surface area contributed by atoms with Crippen LogP contribution in [0.5, 0.6) is 5.75 Å². The molecule has 1 aromatic heterocycles. The lowest BCUT2D eigenvalue weighted by atomic mass is 10.1. The van der Waals surface area contributed by atoms with Crippen molar-refractivity contribution in [3.63, 3.8) is 0 Å². The standard InChI is InChI=1S/C27H29NO6S/c1-18(2)28(35(31,32)27-14-7-19(3)34-27)24-15-22-5-4-6-23(22)16-25(24)33-17-21-10-8-20(9-11-21)12-13-26(29)30/h7-16,18H,4-6,17H2,1-3H3,(H,29,30)/b13-12+. The maximum absolute atomic E-state index is 13.6. The van der Waals surface area contributed by atoms with Crippen molar-refractivity contribution in [2.45, 2.75) is 57.8 Å². The highest BCUT2D eigenvalue weighted by Crippen LogP contribution is 2.40. The van der Waals surface area contributed by atoms with Gasteiger partial charge in [0, 0.05) is 12.1 Å². The van der Waals surface area contributed by atoms with Crippen LogP contribution in [0.15, 0.2) is 64.1 Å². The Bertz CT molecular complexity index is 1350. The van der Waals surface area contributed by atoms with Crippen molar-refractivity contribution in [1.29, 1.82) is 0 Å². The molecule has 1 aliphatic carbocycles. The highest BCUT2D eigenvalue weighted by molar-refractivity contribution is 7.92. The molecule has 3 aromatic rings. The van der Waals surface area contributed by atoms with Crippen molar-refractivity contribution in [2.75, 3.05) is 4.31 Å². The van der Waals surface area contributed by atoms with Crippen LogP contribution in [0.25, 0.3) is 6.08 Å². The van der Waals surface area contributed by atoms with Gasteiger partial charge in [-0.2, -0.15) is 8.42 Å². The van der Waals surface area contributed by atoms with Crippen molar-refractivity contribution in [3.05, 3.63) is 82.6 Å². The minimum absolute atomic E-state index is 0.0971. The summed E-state index contributed by atoms with van der Waals surface area (Å²) in [6.07, 6.45) is 5.47. The van der Waals surface area contributed by atoms with Crippen molar-refractivity contribution >= 4 is 27.8 Å². The number of hydrogen-bond acceptors (Lipinski definition) is 5. The smallest absolute Gasteiger partial charge is 0.328 e. The van der Waals surface area contributed by atoms with E-state index in [-0.39, 0.29) is 17.7 Å². The van der Waals surface area contributed by atoms with Crippen LogP contribution in [0.2, 0.25) is 0 Å². The first-order valence-corrected chi connectivity index (χ1v) is 13.0. The summed E-state index contributed by atoms with van der Waals surface area (Å²) in [5.74, 6) is 0.0244. The number of hydrogen-bond donors (Lipinski definition) is 1. The van der Waals surface area contributed by atoms with Crippen molar-refractivity contribution < 1.29 is 27.5 Å². The van der Waals surface area contributed by atoms with Gasteiger partial charge in [-0.25, -0.2) is 4.79 Å². The molecule has 35 heavy (non-hydrogen) atoms. The average Bonchev–Trinajstić information content (AvgIpc) is 3.45. The van der Waals surface area contributed by atoms with Crippen molar-refractivity contribution in [3.8, 4) is 5.75 Å². The first-order valence-electron chi connectivity index (χ1n) is 11.5. The topological polar surface area (TPSA) is 97.0 Å². The monoisotopic (exact) mass is 495 g/mol. The minimum atomic E-state index is -3.94. The van der Waals surface area contributed by atoms with E-state index in [1.807, 2.05) is 50.2 Å². The van der Waals surface area contributed by atoms with E-state index in [0.29, 0.717) is 17.2 Å². The highest BCUT2D eigenvalue weighted by atomic mass is 32.2. The molecule has 0 atom stereocenters. The van der Waals surface area contributed by atoms with Crippen LogP contribution in [0, 0.1) is 6.92 Å². The Morgan fingerprint density at radius 2 is 1.80 bits per heavy atom. The predicted molar refractivity (Wildman–Crippen MR) is 134 cm³/mol. The zero-order valence-corrected chi connectivity index (χ0v) is 20.8. The molecule has 0 aliphatic heterocycles. The average molecular weight is 496 g/mol. The number of aliphatic carboxylic acids is 1. The number of furan rings is 1. The summed E-state index contributed by atoms with van der Waals surface area (Å²) >= 11 is 0. The number of ether oxygens (including phenoxy) is 1. The molecule has 0 fully saturated rings. The first-order chi connectivity index (χ1) is 16.6. The molecule has 0 unspecified atom stereocenters. The summed E-state index contributed by atoms with van der Waals surface area (Å²) in [5, 5.41) is 8.69. The Balaban J connectivity index is 1.67. The molecule has 7 nitrogen and oxygen atoms in total. The molecule has 8 heteroatoms. The van der Waals surface area contributed by atoms with Crippen LogP contribution in [-0.2, 0) is 34.3 Å². The maximum Gasteiger partial charge on any atom is 0.328 e. The second-order valence-electron chi connectivity index (χ2n) is 8.90. The number of nitrogens with zero attached hydrogens (tertiary/aromatic N) is 1. The number of aryl methyl sites for hydroxylation is 3. The van der Waals surface area contributed by atoms with Gasteiger partial charge in [0.05, 0.1) is 5.69 Å². The molecule has 4 rings (SSSR count). The molecule has 1 heterocycles. The molecule has 184 valence electrons. The van der Waals surface area contributed by atoms with Gasteiger partial charge >= 0.3 is 5.97 Å². The Labute approximate surface area is 205 Å². The summed E-state index contributed by atoms with van der Waals surface area (Å²) in [4.78, 5) is 10.7. The molecule has 0 saturated heterocycles. The summed E-state index contributed by atoms with van der Waals surface area (Å²) in [5.41, 5.74) is 4.45. The lowest BCUT2D eigenvalue weighted by Gasteiger charge is -2.29. The predicted octanol–water partition coefficient (Wildman–Crippen LogP) is 5.36. The minimum Gasteiger partial charge on any atom is -0.487 e. The van der Waals surface area contributed by atoms with Gasteiger partial charge in [-0.1, -0.05) is 24.3 Å². The summed E-state index contributed by atoms with van der Waals surface area (Å²) < 4.78 is 40.3. The molecule has 0 bridgehead atoms. The van der Waals surface area contributed by atoms with Crippen LogP contribution in [0.3, 0.4) is 0 Å². The van der Waals surface area contributed by atoms with E-state index >= 15 is 0 Å². The quantitative estimate of drug-likeness (QED) is 0.402. The second-order valence-corrected chi connectivity index (χ2v) is 10.6. The van der Waals surface area contributed by atoms with Gasteiger partial charge in [-0.05, 0) is 92.6 Å². The highest BCUT2D eigenvalue weighted by Gasteiger charge is 2.33. The van der Waals surface area contributed by atoms with Gasteiger partial charge in [-0.15, -0.1) is 0 Å². The van der Waals surface area contributed by atoms with Gasteiger partial charge in [-0.3, -0.25) is 4.31 Å². The number of benzene rings is 2. The van der Waals surface area contributed by atoms with Crippen LogP contribution in [0.4, 0.5) is 5.69 Å². The Kier molecular flexibility index (Phi) is 7.03. The zero-order chi connectivity index (χ0) is 25.2. The van der Waals surface area contributed by atoms with Gasteiger partial charge in [0.25, 0.3) is 10.0 Å². The van der Waals surface area contributed by atoms with E-state index in [9.17, 15) is 13.2 Å². The van der Waals surface area contributed by atoms with Crippen LogP contribution in [0.1, 0.15) is 48.3 Å². The van der Waals surface area contributed by atoms with Crippen LogP contribution >= 0.6 is 0 Å². The van der Waals surface area contributed by atoms with E-state index in [2.05, 4.69) is 0 Å². The lowest BCUT2D eigenvalue weighted by Crippen LogP contribution is -2.37. The Morgan fingerprint density at radius 1 is 1.11 bits per heavy atom. The third-order valence-electron chi connectivity index (χ3n) is 5.90. The molecular weight excluding hydrogens is 466 g/mol. The van der Waals surface area contributed by atoms with Gasteiger partial charge in [0.2, 0.25) is 5.09 Å². The fourth-order valence-corrected chi connectivity index (χ4v) is 5.89. The number of carboxylic acids is 1. The zero-order valence-electron chi connectivity index (χ0n) is 20.0.